The Balaban J connectivity index is 1.06. The largest absolute Gasteiger partial charge is 0.465 e. The Morgan fingerprint density at radius 2 is 1.54 bits per heavy atom. The summed E-state index contributed by atoms with van der Waals surface area (Å²) in [7, 11) is 2.07. The van der Waals surface area contributed by atoms with Crippen LogP contribution in [0.4, 0.5) is 0 Å². The van der Waals surface area contributed by atoms with E-state index in [1.54, 1.807) is 6.20 Å². The van der Waals surface area contributed by atoms with E-state index < -0.39 is 10.8 Å². The number of fused-ring (bicyclic) bond motifs is 8. The Bertz CT molecular complexity index is 1910. The fourth-order valence-electron chi connectivity index (χ4n) is 13.5. The molecule has 1 aliphatic heterocycles. The molecule has 0 unspecified atom stereocenters. The van der Waals surface area contributed by atoms with Crippen LogP contribution in [-0.4, -0.2) is 77.4 Å². The molecular formula is C48H66N4O5. The third kappa shape index (κ3) is 6.66. The highest BCUT2D eigenvalue weighted by Crippen LogP contribution is 2.75. The second-order valence-corrected chi connectivity index (χ2v) is 20.7. The van der Waals surface area contributed by atoms with Crippen molar-refractivity contribution in [1.82, 2.24) is 19.8 Å². The number of hydrogen-bond acceptors (Lipinski definition) is 8. The predicted octanol–water partition coefficient (Wildman–Crippen LogP) is 8.11. The van der Waals surface area contributed by atoms with E-state index in [-0.39, 0.29) is 70.8 Å². The maximum Gasteiger partial charge on any atom is 0.313 e. The van der Waals surface area contributed by atoms with Crippen LogP contribution in [0.25, 0.3) is 0 Å². The maximum absolute atomic E-state index is 14.5. The molecule has 9 heteroatoms. The van der Waals surface area contributed by atoms with Crippen molar-refractivity contribution in [1.29, 1.82) is 0 Å². The number of nitrogens with zero attached hydrogens (tertiary/aromatic N) is 4. The summed E-state index contributed by atoms with van der Waals surface area (Å²) in [5.41, 5.74) is 3.49. The fourth-order valence-corrected chi connectivity index (χ4v) is 13.5. The van der Waals surface area contributed by atoms with Crippen molar-refractivity contribution in [2.45, 2.75) is 124 Å². The molecule has 4 fully saturated rings. The van der Waals surface area contributed by atoms with Crippen molar-refractivity contribution >= 4 is 17.8 Å². The maximum atomic E-state index is 14.5. The van der Waals surface area contributed by atoms with Gasteiger partial charge >= 0.3 is 11.9 Å². The van der Waals surface area contributed by atoms with Crippen LogP contribution in [0.2, 0.25) is 0 Å². The zero-order chi connectivity index (χ0) is 40.4. The fraction of sp³-hybridized carbons (Fsp3) is 0.688. The normalized spacial score (nSPS) is 36.9. The molecule has 8 atom stereocenters. The van der Waals surface area contributed by atoms with Gasteiger partial charge in [-0.3, -0.25) is 24.4 Å². The average molecular weight is 779 g/mol. The van der Waals surface area contributed by atoms with E-state index in [1.807, 2.05) is 41.4 Å². The Morgan fingerprint density at radius 1 is 0.825 bits per heavy atom. The quantitative estimate of drug-likeness (QED) is 0.196. The number of ether oxygens (including phenoxy) is 2. The van der Waals surface area contributed by atoms with Crippen LogP contribution in [0.1, 0.15) is 123 Å². The average Bonchev–Trinajstić information content (AvgIpc) is 3.19. The van der Waals surface area contributed by atoms with Crippen LogP contribution in [-0.2, 0) is 42.3 Å². The molecule has 6 aliphatic rings. The number of amides is 1. The molecular weight excluding hydrogens is 713 g/mol. The van der Waals surface area contributed by atoms with E-state index in [0.29, 0.717) is 25.6 Å². The number of allylic oxidation sites excluding steroid dienone is 2. The van der Waals surface area contributed by atoms with Gasteiger partial charge in [0.25, 0.3) is 0 Å². The van der Waals surface area contributed by atoms with Gasteiger partial charge in [0.15, 0.2) is 0 Å². The van der Waals surface area contributed by atoms with Gasteiger partial charge in [-0.15, -0.1) is 0 Å². The first-order chi connectivity index (χ1) is 27.0. The zero-order valence-corrected chi connectivity index (χ0v) is 35.7. The topological polar surface area (TPSA) is 102 Å². The highest BCUT2D eigenvalue weighted by atomic mass is 16.5. The summed E-state index contributed by atoms with van der Waals surface area (Å²) < 4.78 is 12.4. The molecule has 5 aliphatic carbocycles. The summed E-state index contributed by atoms with van der Waals surface area (Å²) in [6, 6.07) is 10.1. The Morgan fingerprint density at radius 3 is 2.30 bits per heavy atom. The molecule has 1 aromatic heterocycles. The molecule has 3 saturated carbocycles. The Labute approximate surface area is 340 Å². The third-order valence-electron chi connectivity index (χ3n) is 17.1. The van der Waals surface area contributed by atoms with Crippen LogP contribution in [0, 0.1) is 44.8 Å². The molecule has 1 aromatic carbocycles. The summed E-state index contributed by atoms with van der Waals surface area (Å²) in [5, 5.41) is 0. The van der Waals surface area contributed by atoms with Crippen LogP contribution in [0.3, 0.4) is 0 Å². The van der Waals surface area contributed by atoms with Crippen molar-refractivity contribution in [2.24, 2.45) is 44.8 Å². The van der Waals surface area contributed by atoms with Gasteiger partial charge in [0.1, 0.15) is 13.2 Å². The highest BCUT2D eigenvalue weighted by molar-refractivity contribution is 5.81. The summed E-state index contributed by atoms with van der Waals surface area (Å²) >= 11 is 0. The predicted molar refractivity (Wildman–Crippen MR) is 220 cm³/mol. The van der Waals surface area contributed by atoms with Gasteiger partial charge < -0.3 is 19.3 Å². The number of rotatable bonds is 8. The number of likely N-dealkylation sites (N-methyl/N-ethyl adjacent to an activating group) is 1. The summed E-state index contributed by atoms with van der Waals surface area (Å²) in [6.45, 7) is 18.3. The van der Waals surface area contributed by atoms with Crippen molar-refractivity contribution in [3.63, 3.8) is 0 Å². The molecule has 0 N–H and O–H groups in total. The molecule has 1 amide bonds. The molecule has 2 heterocycles. The first kappa shape index (κ1) is 40.2. The monoisotopic (exact) mass is 779 g/mol. The smallest absolute Gasteiger partial charge is 0.313 e. The second-order valence-electron chi connectivity index (χ2n) is 20.7. The van der Waals surface area contributed by atoms with E-state index in [9.17, 15) is 14.4 Å². The molecule has 9 nitrogen and oxygen atoms in total. The first-order valence-corrected chi connectivity index (χ1v) is 21.9. The second kappa shape index (κ2) is 14.6. The van der Waals surface area contributed by atoms with Crippen LogP contribution in [0.5, 0.6) is 0 Å². The van der Waals surface area contributed by atoms with Crippen LogP contribution in [0.15, 0.2) is 54.4 Å². The summed E-state index contributed by atoms with van der Waals surface area (Å²) in [4.78, 5) is 54.8. The van der Waals surface area contributed by atoms with Crippen molar-refractivity contribution < 1.29 is 23.9 Å². The molecule has 2 aromatic rings. The van der Waals surface area contributed by atoms with Gasteiger partial charge in [0.2, 0.25) is 5.91 Å². The number of aromatic nitrogens is 2. The minimum Gasteiger partial charge on any atom is -0.465 e. The highest BCUT2D eigenvalue weighted by Gasteiger charge is 2.70. The van der Waals surface area contributed by atoms with E-state index in [0.717, 1.165) is 87.8 Å². The molecule has 8 rings (SSSR count). The standard InChI is InChI=1S/C48H66N4O5/c1-43(2)19-21-48(42(55)56-31-33-11-9-8-10-12-33)22-20-46(5)34(35(48)29-43)13-14-38-44(3)30-36-41(50-24-23-49-36)45(4,37(44)17-18-47(38,46)6)32-57-40(54)16-15-39(53)52-27-25-51(7)26-28-52/h8-13,23-24,35,37-38H,14-22,25-32H2,1-7H3/t35-,37+,38+,44-,45-,46+,47+,48-/m0/s1. The summed E-state index contributed by atoms with van der Waals surface area (Å²) in [5.74, 6) is 0.468. The Kier molecular flexibility index (Phi) is 10.3. The summed E-state index contributed by atoms with van der Waals surface area (Å²) in [6.07, 6.45) is 15.0. The van der Waals surface area contributed by atoms with Crippen molar-refractivity contribution in [2.75, 3.05) is 39.8 Å². The van der Waals surface area contributed by atoms with E-state index >= 15 is 0 Å². The van der Waals surface area contributed by atoms with Crippen molar-refractivity contribution in [3.8, 4) is 0 Å². The first-order valence-electron chi connectivity index (χ1n) is 21.9. The van der Waals surface area contributed by atoms with Gasteiger partial charge in [0, 0.05) is 50.4 Å². The number of benzene rings is 1. The van der Waals surface area contributed by atoms with E-state index in [1.165, 1.54) is 5.57 Å². The van der Waals surface area contributed by atoms with Gasteiger partial charge in [-0.05, 0) is 110 Å². The minimum absolute atomic E-state index is 0.00491. The lowest BCUT2D eigenvalue weighted by Crippen LogP contribution is -2.65. The van der Waals surface area contributed by atoms with Crippen LogP contribution >= 0.6 is 0 Å². The molecule has 0 bridgehead atoms. The van der Waals surface area contributed by atoms with Gasteiger partial charge in [-0.25, -0.2) is 0 Å². The number of carbonyl (C=O) groups excluding carboxylic acids is 3. The van der Waals surface area contributed by atoms with Gasteiger partial charge in [-0.2, -0.15) is 0 Å². The SMILES string of the molecule is CN1CCN(C(=O)CCC(=O)OC[C@]2(C)c3nccnc3C[C@@]3(C)[C@H]2CC[C@]2(C)[C@@H]3CC=C3[C@@H]4CC(C)(C)CC[C@]4(C(=O)OCc4ccccc4)CC[C@]32C)CC1. The lowest BCUT2D eigenvalue weighted by atomic mass is 9.33. The zero-order valence-electron chi connectivity index (χ0n) is 35.7. The van der Waals surface area contributed by atoms with E-state index in [2.05, 4.69) is 59.6 Å². The molecule has 0 radical (unpaired) electrons. The van der Waals surface area contributed by atoms with Gasteiger partial charge in [-0.1, -0.05) is 83.5 Å². The Hall–Kier alpha value is -3.59. The number of piperazine rings is 1. The molecule has 57 heavy (non-hydrogen) atoms. The van der Waals surface area contributed by atoms with Crippen molar-refractivity contribution in [3.05, 3.63) is 71.3 Å². The third-order valence-corrected chi connectivity index (χ3v) is 17.1. The van der Waals surface area contributed by atoms with Gasteiger partial charge in [0.05, 0.1) is 23.2 Å². The lowest BCUT2D eigenvalue weighted by molar-refractivity contribution is -0.185. The van der Waals surface area contributed by atoms with E-state index in [4.69, 9.17) is 19.4 Å². The molecule has 0 spiro atoms. The molecule has 1 saturated heterocycles. The van der Waals surface area contributed by atoms with Crippen LogP contribution < -0.4 is 0 Å². The number of esters is 2. The number of carbonyl (C=O) groups is 3. The molecule has 308 valence electrons. The minimum atomic E-state index is -0.516. The number of hydrogen-bond donors (Lipinski definition) is 0. The lowest BCUT2D eigenvalue weighted by Gasteiger charge is -2.70.